The number of ether oxygens (including phenoxy) is 3. The van der Waals surface area contributed by atoms with Gasteiger partial charge in [-0.15, -0.1) is 0 Å². The zero-order valence-electron chi connectivity index (χ0n) is 31.1. The molecule has 5 atom stereocenters. The maximum absolute atomic E-state index is 13.8. The zero-order valence-corrected chi connectivity index (χ0v) is 32.7. The maximum atomic E-state index is 13.8. The summed E-state index contributed by atoms with van der Waals surface area (Å²) in [7, 11) is 6.06. The van der Waals surface area contributed by atoms with Crippen LogP contribution < -0.4 is 4.74 Å². The van der Waals surface area contributed by atoms with E-state index in [2.05, 4.69) is 55.7 Å². The van der Waals surface area contributed by atoms with Gasteiger partial charge in [0.2, 0.25) is 0 Å². The van der Waals surface area contributed by atoms with Crippen LogP contribution in [-0.4, -0.2) is 91.4 Å². The molecule has 3 aliphatic carbocycles. The van der Waals surface area contributed by atoms with E-state index >= 15 is 0 Å². The second-order valence-electron chi connectivity index (χ2n) is 15.8. The lowest BCUT2D eigenvalue weighted by Gasteiger charge is -2.50. The van der Waals surface area contributed by atoms with Crippen LogP contribution in [0.2, 0.25) is 0 Å². The summed E-state index contributed by atoms with van der Waals surface area (Å²) in [5.41, 5.74) is 2.59. The molecule has 0 amide bonds. The predicted molar refractivity (Wildman–Crippen MR) is 195 cm³/mol. The molecule has 0 radical (unpaired) electrons. The number of hydrogen-bond acceptors (Lipinski definition) is 7. The fraction of sp³-hybridized carbons (Fsp3) is 0.842. The highest BCUT2D eigenvalue weighted by Crippen LogP contribution is 2.61. The van der Waals surface area contributed by atoms with Crippen LogP contribution in [0.1, 0.15) is 108 Å². The van der Waals surface area contributed by atoms with Gasteiger partial charge in [0, 0.05) is 30.3 Å². The smallest absolute Gasteiger partial charge is 0.458 e. The van der Waals surface area contributed by atoms with Gasteiger partial charge in [-0.25, -0.2) is 0 Å². The second-order valence-corrected chi connectivity index (χ2v) is 18.9. The molecule has 5 nitrogen and oxygen atoms in total. The Balaban J connectivity index is 1.18. The average Bonchev–Trinajstić information content (AvgIpc) is 3.41. The Labute approximate surface area is 313 Å². The lowest BCUT2D eigenvalue weighted by Crippen LogP contribution is -2.55. The summed E-state index contributed by atoms with van der Waals surface area (Å²) < 4.78 is 107. The molecule has 0 heterocycles. The summed E-state index contributed by atoms with van der Waals surface area (Å²) in [5, 5.41) is 8.90. The number of likely N-dealkylation sites (N-methyl/N-ethyl adjacent to an activating group) is 1. The number of rotatable bonds is 21. The molecular formula is C38H58F7NO4S2. The van der Waals surface area contributed by atoms with E-state index in [4.69, 9.17) is 14.6 Å². The van der Waals surface area contributed by atoms with E-state index in [0.717, 1.165) is 82.4 Å². The van der Waals surface area contributed by atoms with Crippen LogP contribution in [0, 0.1) is 17.3 Å². The SMILES string of the molecule is CN(CCOc1ccc2c(c1)CCC1C2CC[C@@]2(C)C1CC[C@@H]2OCCCOC(F)(C(F)(F)F)C(F)(F)F)CCC(C)(C)SSCCCCCCO. The second kappa shape index (κ2) is 18.8. The molecule has 300 valence electrons. The highest BCUT2D eigenvalue weighted by atomic mass is 33.1. The Kier molecular flexibility index (Phi) is 15.8. The summed E-state index contributed by atoms with van der Waals surface area (Å²) in [4.78, 5) is 2.33. The summed E-state index contributed by atoms with van der Waals surface area (Å²) >= 11 is 0. The normalized spacial score (nSPS) is 25.2. The van der Waals surface area contributed by atoms with Gasteiger partial charge < -0.3 is 24.2 Å². The van der Waals surface area contributed by atoms with Crippen LogP contribution in [0.15, 0.2) is 18.2 Å². The first-order valence-electron chi connectivity index (χ1n) is 18.9. The van der Waals surface area contributed by atoms with Crippen LogP contribution >= 0.6 is 21.6 Å². The number of aliphatic hydroxyl groups is 1. The van der Waals surface area contributed by atoms with E-state index in [-0.39, 0.29) is 35.9 Å². The van der Waals surface area contributed by atoms with Crippen molar-refractivity contribution in [2.24, 2.45) is 17.3 Å². The monoisotopic (exact) mass is 789 g/mol. The van der Waals surface area contributed by atoms with Crippen molar-refractivity contribution in [3.05, 3.63) is 29.3 Å². The van der Waals surface area contributed by atoms with E-state index in [1.165, 1.54) is 24.0 Å². The van der Waals surface area contributed by atoms with Crippen LogP contribution in [0.5, 0.6) is 5.75 Å². The number of unbranched alkanes of at least 4 members (excludes halogenated alkanes) is 3. The minimum atomic E-state index is -6.22. The highest BCUT2D eigenvalue weighted by Gasteiger charge is 2.74. The summed E-state index contributed by atoms with van der Waals surface area (Å²) in [6.45, 7) is 8.40. The van der Waals surface area contributed by atoms with Gasteiger partial charge in [0.05, 0.1) is 12.7 Å². The Morgan fingerprint density at radius 3 is 2.33 bits per heavy atom. The number of nitrogens with zero attached hydrogens (tertiary/aromatic N) is 1. The van der Waals surface area contributed by atoms with E-state index in [0.29, 0.717) is 24.4 Å². The van der Waals surface area contributed by atoms with Gasteiger partial charge in [0.15, 0.2) is 0 Å². The topological polar surface area (TPSA) is 51.2 Å². The number of benzene rings is 1. The van der Waals surface area contributed by atoms with Gasteiger partial charge in [-0.3, -0.25) is 0 Å². The average molecular weight is 790 g/mol. The molecular weight excluding hydrogens is 732 g/mol. The first-order valence-corrected chi connectivity index (χ1v) is 21.2. The molecule has 0 saturated heterocycles. The Bertz CT molecular complexity index is 1240. The van der Waals surface area contributed by atoms with Crippen molar-refractivity contribution in [1.82, 2.24) is 4.90 Å². The number of halogens is 7. The lowest BCUT2D eigenvalue weighted by molar-refractivity contribution is -0.430. The Morgan fingerprint density at radius 2 is 1.62 bits per heavy atom. The minimum Gasteiger partial charge on any atom is -0.492 e. The number of hydrogen-bond donors (Lipinski definition) is 1. The fourth-order valence-corrected chi connectivity index (χ4v) is 11.2. The lowest BCUT2D eigenvalue weighted by atomic mass is 9.55. The van der Waals surface area contributed by atoms with Crippen molar-refractivity contribution in [2.45, 2.75) is 133 Å². The first-order chi connectivity index (χ1) is 24.4. The van der Waals surface area contributed by atoms with Crippen molar-refractivity contribution in [3.8, 4) is 5.75 Å². The molecule has 0 bridgehead atoms. The molecule has 2 fully saturated rings. The van der Waals surface area contributed by atoms with Gasteiger partial charge in [-0.05, 0) is 138 Å². The van der Waals surface area contributed by atoms with Crippen LogP contribution in [0.3, 0.4) is 0 Å². The van der Waals surface area contributed by atoms with Crippen molar-refractivity contribution in [1.29, 1.82) is 0 Å². The first kappa shape index (κ1) is 43.8. The Morgan fingerprint density at radius 1 is 0.885 bits per heavy atom. The van der Waals surface area contributed by atoms with E-state index in [1.54, 1.807) is 0 Å². The molecule has 3 unspecified atom stereocenters. The van der Waals surface area contributed by atoms with Gasteiger partial charge in [-0.1, -0.05) is 47.4 Å². The molecule has 0 spiro atoms. The summed E-state index contributed by atoms with van der Waals surface area (Å²) in [6.07, 6.45) is -1.78. The van der Waals surface area contributed by atoms with Crippen molar-refractivity contribution in [3.63, 3.8) is 0 Å². The molecule has 1 aromatic rings. The third-order valence-corrected chi connectivity index (χ3v) is 14.9. The standard InChI is InChI=1S/C38H58F7NO4S2/c1-34(2,52-51-25-8-6-5-7-21-47)18-19-46(4)20-24-48-28-11-13-29-27(26-28)10-12-31-30(29)16-17-35(3)32(31)14-15-33(35)49-22-9-23-50-36(39,37(40,41)42)38(43,44)45/h11,13,26,30-33,47H,5-10,12,14-25H2,1-4H3/t30?,31?,32?,33-,35-/m0/s1. The zero-order chi connectivity index (χ0) is 38.2. The molecule has 1 aromatic carbocycles. The van der Waals surface area contributed by atoms with E-state index < -0.39 is 24.8 Å². The predicted octanol–water partition coefficient (Wildman–Crippen LogP) is 10.5. The maximum Gasteiger partial charge on any atom is 0.458 e. The molecule has 52 heavy (non-hydrogen) atoms. The molecule has 0 aliphatic heterocycles. The van der Waals surface area contributed by atoms with Gasteiger partial charge in [0.1, 0.15) is 12.4 Å². The van der Waals surface area contributed by atoms with Gasteiger partial charge >= 0.3 is 18.2 Å². The third kappa shape index (κ3) is 11.1. The largest absolute Gasteiger partial charge is 0.492 e. The van der Waals surface area contributed by atoms with Crippen molar-refractivity contribution in [2.75, 3.05) is 52.3 Å². The highest BCUT2D eigenvalue weighted by molar-refractivity contribution is 8.77. The number of fused-ring (bicyclic) bond motifs is 5. The molecule has 0 aromatic heterocycles. The summed E-state index contributed by atoms with van der Waals surface area (Å²) in [5.74, 6) is -2.34. The van der Waals surface area contributed by atoms with Crippen LogP contribution in [0.25, 0.3) is 0 Å². The minimum absolute atomic E-state index is 0.0989. The number of aryl methyl sites for hydroxylation is 1. The van der Waals surface area contributed by atoms with Crippen LogP contribution in [0.4, 0.5) is 30.7 Å². The van der Waals surface area contributed by atoms with Crippen molar-refractivity contribution >= 4 is 21.6 Å². The van der Waals surface area contributed by atoms with Gasteiger partial charge in [-0.2, -0.15) is 30.7 Å². The molecule has 3 aliphatic rings. The number of alkyl halides is 7. The number of aliphatic hydroxyl groups excluding tert-OH is 1. The molecule has 1 N–H and O–H groups in total. The van der Waals surface area contributed by atoms with E-state index in [1.807, 2.05) is 21.6 Å². The van der Waals surface area contributed by atoms with Crippen molar-refractivity contribution < 1.29 is 50.1 Å². The van der Waals surface area contributed by atoms with Crippen LogP contribution in [-0.2, 0) is 15.9 Å². The molecule has 2 saturated carbocycles. The van der Waals surface area contributed by atoms with E-state index in [9.17, 15) is 30.7 Å². The third-order valence-electron chi connectivity index (χ3n) is 11.5. The summed E-state index contributed by atoms with van der Waals surface area (Å²) in [6, 6.07) is 6.52. The molecule has 14 heteroatoms. The fourth-order valence-electron chi connectivity index (χ4n) is 8.46. The molecule has 4 rings (SSSR count). The van der Waals surface area contributed by atoms with Gasteiger partial charge in [0.25, 0.3) is 0 Å². The Hall–Kier alpha value is -0.930. The quantitative estimate of drug-likeness (QED) is 0.0756.